The highest BCUT2D eigenvalue weighted by atomic mass is 19.1. The molecule has 6 heteroatoms. The molecule has 142 valence electrons. The van der Waals surface area contributed by atoms with Crippen molar-refractivity contribution in [2.45, 2.75) is 0 Å². The van der Waals surface area contributed by atoms with E-state index in [2.05, 4.69) is 10.1 Å². The van der Waals surface area contributed by atoms with Crippen molar-refractivity contribution in [3.8, 4) is 33.8 Å². The topological polar surface area (TPSA) is 42.5 Å². The number of nitrogens with zero attached hydrogens (tertiary/aromatic N) is 4. The van der Waals surface area contributed by atoms with Crippen LogP contribution in [-0.4, -0.2) is 15.7 Å². The molecule has 0 radical (unpaired) electrons. The second-order valence-electron chi connectivity index (χ2n) is 6.73. The maximum absolute atomic E-state index is 13.5. The average molecular weight is 394 g/mol. The standard InChI is InChI=1S/C24H12F2N4/c1-27-30-23-19-5-3-2-4-18(19)22-24(23)29-21(15-8-12-17(26)13-9-15)20(28-22)14-6-10-16(25)11-7-14/h2-13H/b30-23+. The van der Waals surface area contributed by atoms with Gasteiger partial charge in [-0.05, 0) is 48.5 Å². The van der Waals surface area contributed by atoms with Gasteiger partial charge in [-0.3, -0.25) is 0 Å². The normalized spacial score (nSPS) is 13.0. The Balaban J connectivity index is 1.83. The predicted molar refractivity (Wildman–Crippen MR) is 110 cm³/mol. The zero-order valence-electron chi connectivity index (χ0n) is 15.5. The fourth-order valence-electron chi connectivity index (χ4n) is 3.58. The van der Waals surface area contributed by atoms with Gasteiger partial charge in [0.05, 0.1) is 22.2 Å². The second kappa shape index (κ2) is 6.98. The molecule has 1 aliphatic carbocycles. The van der Waals surface area contributed by atoms with Crippen molar-refractivity contribution in [3.63, 3.8) is 0 Å². The Bertz CT molecular complexity index is 1350. The van der Waals surface area contributed by atoms with Crippen molar-refractivity contribution in [1.82, 2.24) is 9.97 Å². The SMILES string of the molecule is [C-]#[N+]/N=C1\c2ccccc2-c2nc(-c3ccc(F)cc3)c(-c3ccc(F)cc3)nc21. The molecule has 0 fully saturated rings. The predicted octanol–water partition coefficient (Wildman–Crippen LogP) is 5.74. The van der Waals surface area contributed by atoms with Crippen LogP contribution in [0.4, 0.5) is 8.78 Å². The first-order chi connectivity index (χ1) is 14.7. The van der Waals surface area contributed by atoms with Gasteiger partial charge in [-0.25, -0.2) is 18.7 Å². The molecule has 0 bridgehead atoms. The number of aromatic nitrogens is 2. The number of rotatable bonds is 2. The maximum Gasteiger partial charge on any atom is 0.181 e. The van der Waals surface area contributed by atoms with Crippen LogP contribution in [0.3, 0.4) is 0 Å². The van der Waals surface area contributed by atoms with Crippen LogP contribution < -0.4 is 0 Å². The molecule has 1 aliphatic rings. The summed E-state index contributed by atoms with van der Waals surface area (Å²) < 4.78 is 27.0. The Morgan fingerprint density at radius 2 is 1.13 bits per heavy atom. The van der Waals surface area contributed by atoms with Gasteiger partial charge >= 0.3 is 0 Å². The van der Waals surface area contributed by atoms with E-state index in [4.69, 9.17) is 16.5 Å². The molecule has 0 spiro atoms. The van der Waals surface area contributed by atoms with Crippen LogP contribution in [0.2, 0.25) is 0 Å². The Kier molecular flexibility index (Phi) is 4.15. The first-order valence-electron chi connectivity index (χ1n) is 9.14. The summed E-state index contributed by atoms with van der Waals surface area (Å²) in [5, 5.41) is 3.97. The molecule has 5 rings (SSSR count). The molecule has 1 heterocycles. The fraction of sp³-hybridized carbons (Fsp3) is 0. The third-order valence-corrected chi connectivity index (χ3v) is 4.94. The highest BCUT2D eigenvalue weighted by Crippen LogP contribution is 2.39. The van der Waals surface area contributed by atoms with Crippen molar-refractivity contribution < 1.29 is 8.78 Å². The van der Waals surface area contributed by atoms with Gasteiger partial charge in [0.15, 0.2) is 5.71 Å². The molecule has 30 heavy (non-hydrogen) atoms. The van der Waals surface area contributed by atoms with E-state index >= 15 is 0 Å². The molecular weight excluding hydrogens is 382 g/mol. The molecule has 4 aromatic rings. The van der Waals surface area contributed by atoms with E-state index in [0.29, 0.717) is 39.6 Å². The summed E-state index contributed by atoms with van der Waals surface area (Å²) in [6, 6.07) is 19.4. The maximum atomic E-state index is 13.5. The molecule has 0 saturated heterocycles. The van der Waals surface area contributed by atoms with Crippen molar-refractivity contribution in [2.24, 2.45) is 5.10 Å². The minimum atomic E-state index is -0.362. The molecular formula is C24H12F2N4. The van der Waals surface area contributed by atoms with Gasteiger partial charge in [-0.15, -0.1) is 4.95 Å². The van der Waals surface area contributed by atoms with E-state index in [-0.39, 0.29) is 11.6 Å². The largest absolute Gasteiger partial charge is 0.243 e. The summed E-state index contributed by atoms with van der Waals surface area (Å²) in [5.41, 5.74) is 5.56. The highest BCUT2D eigenvalue weighted by Gasteiger charge is 2.31. The van der Waals surface area contributed by atoms with Gasteiger partial charge in [-0.1, -0.05) is 24.3 Å². The van der Waals surface area contributed by atoms with Crippen molar-refractivity contribution in [1.29, 1.82) is 0 Å². The van der Waals surface area contributed by atoms with Crippen molar-refractivity contribution in [3.05, 3.63) is 107 Å². The third kappa shape index (κ3) is 2.85. The van der Waals surface area contributed by atoms with Crippen LogP contribution in [-0.2, 0) is 0 Å². The number of hydrogen-bond donors (Lipinski definition) is 0. The molecule has 4 nitrogen and oxygen atoms in total. The second-order valence-corrected chi connectivity index (χ2v) is 6.73. The van der Waals surface area contributed by atoms with Crippen LogP contribution in [0.1, 0.15) is 11.3 Å². The van der Waals surface area contributed by atoms with Gasteiger partial charge < -0.3 is 0 Å². The first-order valence-corrected chi connectivity index (χ1v) is 9.14. The van der Waals surface area contributed by atoms with Crippen LogP contribution >= 0.6 is 0 Å². The van der Waals surface area contributed by atoms with E-state index in [9.17, 15) is 8.78 Å². The Hall–Kier alpha value is -4.24. The Morgan fingerprint density at radius 1 is 0.633 bits per heavy atom. The highest BCUT2D eigenvalue weighted by molar-refractivity contribution is 6.23. The summed E-state index contributed by atoms with van der Waals surface area (Å²) in [7, 11) is 0. The van der Waals surface area contributed by atoms with Crippen molar-refractivity contribution >= 4 is 5.71 Å². The van der Waals surface area contributed by atoms with Crippen LogP contribution in [0, 0.1) is 18.2 Å². The van der Waals surface area contributed by atoms with Gasteiger partial charge in [0.1, 0.15) is 17.3 Å². The zero-order valence-corrected chi connectivity index (χ0v) is 15.5. The minimum Gasteiger partial charge on any atom is -0.243 e. The van der Waals surface area contributed by atoms with Crippen LogP contribution in [0.5, 0.6) is 0 Å². The monoisotopic (exact) mass is 394 g/mol. The number of halogens is 2. The molecule has 0 unspecified atom stereocenters. The van der Waals surface area contributed by atoms with Gasteiger partial charge in [-0.2, -0.15) is 6.57 Å². The minimum absolute atomic E-state index is 0.354. The Labute approximate surface area is 171 Å². The fourth-order valence-corrected chi connectivity index (χ4v) is 3.58. The molecule has 0 aliphatic heterocycles. The van der Waals surface area contributed by atoms with Gasteiger partial charge in [0.25, 0.3) is 0 Å². The number of hydrogen-bond acceptors (Lipinski definition) is 3. The third-order valence-electron chi connectivity index (χ3n) is 4.94. The van der Waals surface area contributed by atoms with Gasteiger partial charge in [0.2, 0.25) is 0 Å². The quantitative estimate of drug-likeness (QED) is 0.283. The summed E-state index contributed by atoms with van der Waals surface area (Å²) >= 11 is 0. The van der Waals surface area contributed by atoms with Crippen LogP contribution in [0.25, 0.3) is 38.7 Å². The molecule has 3 aromatic carbocycles. The average Bonchev–Trinajstić information content (AvgIpc) is 3.07. The van der Waals surface area contributed by atoms with E-state index in [1.165, 1.54) is 24.3 Å². The molecule has 0 saturated carbocycles. The lowest BCUT2D eigenvalue weighted by molar-refractivity contribution is 0.627. The van der Waals surface area contributed by atoms with Crippen LogP contribution in [0.15, 0.2) is 77.9 Å². The lowest BCUT2D eigenvalue weighted by Gasteiger charge is -2.11. The molecule has 1 aromatic heterocycles. The number of fused-ring (bicyclic) bond motifs is 3. The smallest absolute Gasteiger partial charge is 0.181 e. The molecule has 0 atom stereocenters. The Morgan fingerprint density at radius 3 is 1.67 bits per heavy atom. The van der Waals surface area contributed by atoms with Crippen molar-refractivity contribution in [2.75, 3.05) is 0 Å². The zero-order chi connectivity index (χ0) is 20.7. The summed E-state index contributed by atoms with van der Waals surface area (Å²) in [5.74, 6) is -0.716. The van der Waals surface area contributed by atoms with E-state index in [0.717, 1.165) is 11.1 Å². The van der Waals surface area contributed by atoms with E-state index < -0.39 is 0 Å². The summed E-state index contributed by atoms with van der Waals surface area (Å²) in [6.07, 6.45) is 0. The molecule has 0 N–H and O–H groups in total. The van der Waals surface area contributed by atoms with Gasteiger partial charge in [0, 0.05) is 22.3 Å². The lowest BCUT2D eigenvalue weighted by Crippen LogP contribution is -2.04. The number of benzene rings is 3. The summed E-state index contributed by atoms with van der Waals surface area (Å²) in [4.78, 5) is 12.9. The first kappa shape index (κ1) is 17.8. The molecule has 0 amide bonds. The van der Waals surface area contributed by atoms with E-state index in [1.54, 1.807) is 24.3 Å². The summed E-state index contributed by atoms with van der Waals surface area (Å²) in [6.45, 7) is 7.20. The van der Waals surface area contributed by atoms with E-state index in [1.807, 2.05) is 24.3 Å². The lowest BCUT2D eigenvalue weighted by atomic mass is 10.0.